The van der Waals surface area contributed by atoms with E-state index < -0.39 is 17.7 Å². The largest absolute Gasteiger partial charge is 0.488 e. The predicted octanol–water partition coefficient (Wildman–Crippen LogP) is 2.98. The summed E-state index contributed by atoms with van der Waals surface area (Å²) in [6, 6.07) is 7.49. The molecular formula is C14H14F2O3S. The van der Waals surface area contributed by atoms with Crippen molar-refractivity contribution in [2.45, 2.75) is 12.7 Å². The fourth-order valence-electron chi connectivity index (χ4n) is 1.52. The molecule has 2 aromatic rings. The normalized spacial score (nSPS) is 12.3. The van der Waals surface area contributed by atoms with Gasteiger partial charge in [-0.3, -0.25) is 0 Å². The summed E-state index contributed by atoms with van der Waals surface area (Å²) < 4.78 is 36.5. The number of halogens is 2. The van der Waals surface area contributed by atoms with Crippen molar-refractivity contribution in [1.29, 1.82) is 0 Å². The van der Waals surface area contributed by atoms with Crippen LogP contribution < -0.4 is 4.74 Å². The van der Waals surface area contributed by atoms with Gasteiger partial charge in [-0.1, -0.05) is 12.1 Å². The van der Waals surface area contributed by atoms with Crippen LogP contribution in [0.4, 0.5) is 8.78 Å². The maximum Gasteiger partial charge on any atom is 0.200 e. The third-order valence-electron chi connectivity index (χ3n) is 2.48. The van der Waals surface area contributed by atoms with Gasteiger partial charge in [-0.05, 0) is 23.6 Å². The van der Waals surface area contributed by atoms with Gasteiger partial charge in [0.15, 0.2) is 11.6 Å². The molecule has 1 aromatic carbocycles. The summed E-state index contributed by atoms with van der Waals surface area (Å²) in [4.78, 5) is 1.05. The van der Waals surface area contributed by atoms with E-state index in [0.29, 0.717) is 6.61 Å². The molecule has 0 aliphatic carbocycles. The fraction of sp³-hybridized carbons (Fsp3) is 0.286. The van der Waals surface area contributed by atoms with Crippen LogP contribution in [-0.2, 0) is 11.3 Å². The van der Waals surface area contributed by atoms with Crippen molar-refractivity contribution < 1.29 is 23.4 Å². The topological polar surface area (TPSA) is 38.7 Å². The van der Waals surface area contributed by atoms with Gasteiger partial charge in [0.2, 0.25) is 5.82 Å². The van der Waals surface area contributed by atoms with Crippen molar-refractivity contribution in [1.82, 2.24) is 0 Å². The van der Waals surface area contributed by atoms with Gasteiger partial charge < -0.3 is 14.6 Å². The zero-order chi connectivity index (χ0) is 14.4. The molecule has 0 spiro atoms. The van der Waals surface area contributed by atoms with E-state index in [1.54, 1.807) is 11.3 Å². The molecule has 1 unspecified atom stereocenters. The average Bonchev–Trinajstić information content (AvgIpc) is 2.94. The third kappa shape index (κ3) is 4.26. The first-order valence-corrected chi connectivity index (χ1v) is 6.90. The molecule has 2 rings (SSSR count). The Balaban J connectivity index is 1.72. The highest BCUT2D eigenvalue weighted by atomic mass is 32.1. The molecule has 0 bridgehead atoms. The quantitative estimate of drug-likeness (QED) is 0.854. The summed E-state index contributed by atoms with van der Waals surface area (Å²) in [5.41, 5.74) is 0. The number of benzene rings is 1. The van der Waals surface area contributed by atoms with Gasteiger partial charge in [0, 0.05) is 4.88 Å². The minimum absolute atomic E-state index is 0.0643. The highest BCUT2D eigenvalue weighted by Crippen LogP contribution is 2.19. The van der Waals surface area contributed by atoms with E-state index >= 15 is 0 Å². The van der Waals surface area contributed by atoms with Gasteiger partial charge in [-0.15, -0.1) is 11.3 Å². The van der Waals surface area contributed by atoms with E-state index in [1.807, 2.05) is 17.5 Å². The van der Waals surface area contributed by atoms with Gasteiger partial charge in [-0.2, -0.15) is 4.39 Å². The fourth-order valence-corrected chi connectivity index (χ4v) is 2.16. The average molecular weight is 300 g/mol. The number of ether oxygens (including phenoxy) is 2. The first-order valence-electron chi connectivity index (χ1n) is 6.02. The molecule has 0 radical (unpaired) electrons. The van der Waals surface area contributed by atoms with Crippen molar-refractivity contribution in [2.75, 3.05) is 13.2 Å². The zero-order valence-electron chi connectivity index (χ0n) is 10.6. The van der Waals surface area contributed by atoms with Gasteiger partial charge in [-0.25, -0.2) is 4.39 Å². The number of aliphatic hydroxyl groups excluding tert-OH is 1. The Hall–Kier alpha value is -1.50. The van der Waals surface area contributed by atoms with E-state index in [-0.39, 0.29) is 19.0 Å². The zero-order valence-corrected chi connectivity index (χ0v) is 11.4. The number of hydrogen-bond acceptors (Lipinski definition) is 4. The Kier molecular flexibility index (Phi) is 5.46. The lowest BCUT2D eigenvalue weighted by Gasteiger charge is -2.13. The van der Waals surface area contributed by atoms with Crippen LogP contribution >= 0.6 is 11.3 Å². The molecule has 0 aliphatic rings. The molecule has 1 N–H and O–H groups in total. The predicted molar refractivity (Wildman–Crippen MR) is 71.8 cm³/mol. The molecule has 0 saturated heterocycles. The molecular weight excluding hydrogens is 286 g/mol. The van der Waals surface area contributed by atoms with Crippen molar-refractivity contribution >= 4 is 11.3 Å². The molecule has 1 aromatic heterocycles. The summed E-state index contributed by atoms with van der Waals surface area (Å²) in [5.74, 6) is -2.26. The number of rotatable bonds is 7. The number of aliphatic hydroxyl groups is 1. The van der Waals surface area contributed by atoms with Crippen LogP contribution in [0.1, 0.15) is 4.88 Å². The lowest BCUT2D eigenvalue weighted by Crippen LogP contribution is -2.23. The summed E-state index contributed by atoms with van der Waals surface area (Å²) in [7, 11) is 0. The summed E-state index contributed by atoms with van der Waals surface area (Å²) in [5, 5.41) is 11.6. The first kappa shape index (κ1) is 14.9. The lowest BCUT2D eigenvalue weighted by molar-refractivity contribution is 0.00549. The van der Waals surface area contributed by atoms with Gasteiger partial charge in [0.05, 0.1) is 13.2 Å². The molecule has 0 fully saturated rings. The van der Waals surface area contributed by atoms with Gasteiger partial charge >= 0.3 is 0 Å². The van der Waals surface area contributed by atoms with E-state index in [0.717, 1.165) is 10.9 Å². The molecule has 1 atom stereocenters. The van der Waals surface area contributed by atoms with Crippen molar-refractivity contribution in [2.24, 2.45) is 0 Å². The standard InChI is InChI=1S/C14H14F2O3S/c15-12-4-1-5-13(14(12)16)19-8-10(17)7-18-9-11-3-2-6-20-11/h1-6,10,17H,7-9H2. The van der Waals surface area contributed by atoms with Crippen LogP contribution in [0, 0.1) is 11.6 Å². The van der Waals surface area contributed by atoms with Crippen molar-refractivity contribution in [3.63, 3.8) is 0 Å². The highest BCUT2D eigenvalue weighted by Gasteiger charge is 2.11. The van der Waals surface area contributed by atoms with Crippen LogP contribution in [0.15, 0.2) is 35.7 Å². The Morgan fingerprint density at radius 2 is 2.00 bits per heavy atom. The Morgan fingerprint density at radius 3 is 2.75 bits per heavy atom. The molecule has 0 aliphatic heterocycles. The lowest BCUT2D eigenvalue weighted by atomic mass is 10.3. The van der Waals surface area contributed by atoms with Crippen molar-refractivity contribution in [3.8, 4) is 5.75 Å². The molecule has 0 amide bonds. The third-order valence-corrected chi connectivity index (χ3v) is 3.33. The van der Waals surface area contributed by atoms with E-state index in [4.69, 9.17) is 9.47 Å². The summed E-state index contributed by atoms with van der Waals surface area (Å²) in [6.07, 6.45) is -0.905. The molecule has 0 saturated carbocycles. The SMILES string of the molecule is OC(COCc1cccs1)COc1cccc(F)c1F. The maximum absolute atomic E-state index is 13.3. The second kappa shape index (κ2) is 7.33. The second-order valence-electron chi connectivity index (χ2n) is 4.11. The molecule has 6 heteroatoms. The van der Waals surface area contributed by atoms with Crippen LogP contribution in [0.5, 0.6) is 5.75 Å². The number of thiophene rings is 1. The Morgan fingerprint density at radius 1 is 1.15 bits per heavy atom. The number of hydrogen-bond donors (Lipinski definition) is 1. The first-order chi connectivity index (χ1) is 9.66. The Labute approximate surface area is 119 Å². The molecule has 108 valence electrons. The van der Waals surface area contributed by atoms with E-state index in [1.165, 1.54) is 12.1 Å². The summed E-state index contributed by atoms with van der Waals surface area (Å²) in [6.45, 7) is 0.308. The molecule has 20 heavy (non-hydrogen) atoms. The smallest absolute Gasteiger partial charge is 0.200 e. The van der Waals surface area contributed by atoms with Crippen LogP contribution in [-0.4, -0.2) is 24.4 Å². The van der Waals surface area contributed by atoms with Crippen LogP contribution in [0.2, 0.25) is 0 Å². The monoisotopic (exact) mass is 300 g/mol. The molecule has 1 heterocycles. The summed E-state index contributed by atoms with van der Waals surface area (Å²) >= 11 is 1.56. The van der Waals surface area contributed by atoms with E-state index in [9.17, 15) is 13.9 Å². The van der Waals surface area contributed by atoms with E-state index in [2.05, 4.69) is 0 Å². The van der Waals surface area contributed by atoms with Gasteiger partial charge in [0.25, 0.3) is 0 Å². The minimum Gasteiger partial charge on any atom is -0.488 e. The second-order valence-corrected chi connectivity index (χ2v) is 5.14. The molecule has 3 nitrogen and oxygen atoms in total. The van der Waals surface area contributed by atoms with Crippen molar-refractivity contribution in [3.05, 3.63) is 52.2 Å². The minimum atomic E-state index is -1.06. The Bertz CT molecular complexity index is 531. The van der Waals surface area contributed by atoms with Crippen LogP contribution in [0.25, 0.3) is 0 Å². The van der Waals surface area contributed by atoms with Gasteiger partial charge in [0.1, 0.15) is 12.7 Å². The maximum atomic E-state index is 13.3. The van der Waals surface area contributed by atoms with Crippen LogP contribution in [0.3, 0.4) is 0 Å². The highest BCUT2D eigenvalue weighted by molar-refractivity contribution is 7.09.